The van der Waals surface area contributed by atoms with Crippen LogP contribution in [0.25, 0.3) is 11.0 Å². The van der Waals surface area contributed by atoms with Crippen molar-refractivity contribution in [2.45, 2.75) is 39.2 Å². The molecule has 1 aromatic heterocycles. The number of carbonyl (C=O) groups is 1. The molecular formula is C28H37N5O. The molecule has 0 spiro atoms. The van der Waals surface area contributed by atoms with E-state index in [1.54, 1.807) is 0 Å². The molecule has 3 aromatic rings. The van der Waals surface area contributed by atoms with Crippen LogP contribution in [0.15, 0.2) is 48.5 Å². The zero-order valence-corrected chi connectivity index (χ0v) is 20.8. The van der Waals surface area contributed by atoms with Gasteiger partial charge in [-0.2, -0.15) is 0 Å². The number of hydrogen-bond donors (Lipinski definition) is 0. The van der Waals surface area contributed by atoms with Gasteiger partial charge in [0.25, 0.3) is 0 Å². The molecule has 0 saturated carbocycles. The van der Waals surface area contributed by atoms with Crippen LogP contribution < -0.4 is 4.90 Å². The summed E-state index contributed by atoms with van der Waals surface area (Å²) in [5.74, 6) is 2.12. The Labute approximate surface area is 203 Å². The fourth-order valence-corrected chi connectivity index (χ4v) is 5.56. The molecule has 2 fully saturated rings. The van der Waals surface area contributed by atoms with E-state index in [2.05, 4.69) is 82.6 Å². The quantitative estimate of drug-likeness (QED) is 0.572. The molecule has 180 valence electrons. The highest BCUT2D eigenvalue weighted by Gasteiger charge is 2.31. The molecule has 5 rings (SSSR count). The van der Waals surface area contributed by atoms with Crippen LogP contribution in [0.2, 0.25) is 0 Å². The lowest BCUT2D eigenvalue weighted by atomic mass is 9.94. The number of aromatic nitrogens is 2. The van der Waals surface area contributed by atoms with Gasteiger partial charge in [0, 0.05) is 44.8 Å². The second kappa shape index (κ2) is 9.79. The molecule has 0 unspecified atom stereocenters. The number of nitrogens with zero attached hydrogens (tertiary/aromatic N) is 5. The van der Waals surface area contributed by atoms with Crippen LogP contribution in [0.1, 0.15) is 44.0 Å². The minimum Gasteiger partial charge on any atom is -0.368 e. The van der Waals surface area contributed by atoms with Crippen molar-refractivity contribution >= 4 is 22.6 Å². The number of para-hydroxylation sites is 3. The van der Waals surface area contributed by atoms with Crippen LogP contribution in [-0.2, 0) is 18.4 Å². The summed E-state index contributed by atoms with van der Waals surface area (Å²) in [6.07, 6.45) is 1.89. The summed E-state index contributed by atoms with van der Waals surface area (Å²) >= 11 is 0. The van der Waals surface area contributed by atoms with Crippen molar-refractivity contribution in [2.24, 2.45) is 13.0 Å². The number of likely N-dealkylation sites (tertiary alicyclic amines) is 1. The topological polar surface area (TPSA) is 44.6 Å². The van der Waals surface area contributed by atoms with E-state index in [-0.39, 0.29) is 5.92 Å². The monoisotopic (exact) mass is 459 g/mol. The van der Waals surface area contributed by atoms with E-state index in [0.717, 1.165) is 70.0 Å². The number of fused-ring (bicyclic) bond motifs is 1. The van der Waals surface area contributed by atoms with E-state index in [4.69, 9.17) is 4.98 Å². The number of aryl methyl sites for hydroxylation is 1. The van der Waals surface area contributed by atoms with Gasteiger partial charge in [-0.25, -0.2) is 4.98 Å². The van der Waals surface area contributed by atoms with Gasteiger partial charge in [0.05, 0.1) is 17.6 Å². The Morgan fingerprint density at radius 3 is 2.32 bits per heavy atom. The van der Waals surface area contributed by atoms with Gasteiger partial charge in [0.15, 0.2) is 0 Å². The van der Waals surface area contributed by atoms with E-state index in [1.807, 2.05) is 6.07 Å². The van der Waals surface area contributed by atoms with Gasteiger partial charge < -0.3 is 14.4 Å². The number of anilines is 1. The van der Waals surface area contributed by atoms with Crippen LogP contribution >= 0.6 is 0 Å². The Kier molecular flexibility index (Phi) is 6.59. The normalized spacial score (nSPS) is 18.2. The number of piperazine rings is 1. The fourth-order valence-electron chi connectivity index (χ4n) is 5.56. The highest BCUT2D eigenvalue weighted by Crippen LogP contribution is 2.29. The molecular weight excluding hydrogens is 422 g/mol. The number of piperidine rings is 1. The first-order valence-electron chi connectivity index (χ1n) is 12.8. The summed E-state index contributed by atoms with van der Waals surface area (Å²) in [5.41, 5.74) is 4.97. The number of amides is 1. The van der Waals surface area contributed by atoms with E-state index in [0.29, 0.717) is 11.8 Å². The zero-order valence-electron chi connectivity index (χ0n) is 20.8. The van der Waals surface area contributed by atoms with Crippen LogP contribution in [0.3, 0.4) is 0 Å². The molecule has 0 bridgehead atoms. The molecule has 2 aliphatic heterocycles. The summed E-state index contributed by atoms with van der Waals surface area (Å²) in [4.78, 5) is 25.1. The molecule has 0 radical (unpaired) electrons. The van der Waals surface area contributed by atoms with Crippen molar-refractivity contribution < 1.29 is 4.79 Å². The third-order valence-electron chi connectivity index (χ3n) is 7.67. The molecule has 0 aliphatic carbocycles. The third-order valence-corrected chi connectivity index (χ3v) is 7.67. The minimum absolute atomic E-state index is 0.159. The molecule has 6 heteroatoms. The summed E-state index contributed by atoms with van der Waals surface area (Å²) < 4.78 is 2.20. The first kappa shape index (κ1) is 22.9. The number of carbonyl (C=O) groups excluding carboxylic acids is 1. The summed E-state index contributed by atoms with van der Waals surface area (Å²) in [6.45, 7) is 10.8. The van der Waals surface area contributed by atoms with Crippen molar-refractivity contribution in [2.75, 3.05) is 44.2 Å². The van der Waals surface area contributed by atoms with Gasteiger partial charge >= 0.3 is 0 Å². The fraction of sp³-hybridized carbons (Fsp3) is 0.500. The standard InChI is InChI=1S/C28H37N5O/c1-21(2)23-8-4-6-10-25(23)32-16-18-33(19-17-32)28(34)22-12-14-31(15-13-22)20-27-29-24-9-5-7-11-26(24)30(27)3/h4-11,21-22H,12-20H2,1-3H3. The summed E-state index contributed by atoms with van der Waals surface area (Å²) in [5, 5.41) is 0. The maximum absolute atomic E-state index is 13.3. The smallest absolute Gasteiger partial charge is 0.225 e. The van der Waals surface area contributed by atoms with Crippen molar-refractivity contribution in [3.05, 3.63) is 59.9 Å². The lowest BCUT2D eigenvalue weighted by molar-refractivity contribution is -0.137. The Hall–Kier alpha value is -2.86. The molecule has 1 amide bonds. The van der Waals surface area contributed by atoms with E-state index < -0.39 is 0 Å². The van der Waals surface area contributed by atoms with Gasteiger partial charge in [-0.1, -0.05) is 44.2 Å². The average Bonchev–Trinajstić information content (AvgIpc) is 3.19. The van der Waals surface area contributed by atoms with Gasteiger partial charge in [-0.05, 0) is 55.6 Å². The maximum Gasteiger partial charge on any atom is 0.225 e. The first-order valence-corrected chi connectivity index (χ1v) is 12.8. The highest BCUT2D eigenvalue weighted by molar-refractivity contribution is 5.79. The van der Waals surface area contributed by atoms with Gasteiger partial charge in [0.2, 0.25) is 5.91 Å². The van der Waals surface area contributed by atoms with Crippen molar-refractivity contribution in [1.29, 1.82) is 0 Å². The van der Waals surface area contributed by atoms with Gasteiger partial charge in [0.1, 0.15) is 5.82 Å². The van der Waals surface area contributed by atoms with Gasteiger partial charge in [-0.15, -0.1) is 0 Å². The van der Waals surface area contributed by atoms with Crippen LogP contribution in [0, 0.1) is 5.92 Å². The number of imidazole rings is 1. The molecule has 2 aliphatic rings. The third kappa shape index (κ3) is 4.56. The molecule has 3 heterocycles. The largest absolute Gasteiger partial charge is 0.368 e. The predicted octanol–water partition coefficient (Wildman–Crippen LogP) is 4.26. The molecule has 2 saturated heterocycles. The summed E-state index contributed by atoms with van der Waals surface area (Å²) in [6, 6.07) is 17.0. The Bertz CT molecular complexity index is 1140. The second-order valence-corrected chi connectivity index (χ2v) is 10.2. The second-order valence-electron chi connectivity index (χ2n) is 10.2. The lowest BCUT2D eigenvalue weighted by Crippen LogP contribution is -2.51. The number of benzene rings is 2. The van der Waals surface area contributed by atoms with Crippen molar-refractivity contribution in [1.82, 2.24) is 19.4 Å². The number of rotatable bonds is 5. The highest BCUT2D eigenvalue weighted by atomic mass is 16.2. The Balaban J connectivity index is 1.13. The Morgan fingerprint density at radius 2 is 1.62 bits per heavy atom. The minimum atomic E-state index is 0.159. The van der Waals surface area contributed by atoms with E-state index in [1.165, 1.54) is 16.8 Å². The average molecular weight is 460 g/mol. The van der Waals surface area contributed by atoms with E-state index >= 15 is 0 Å². The predicted molar refractivity (Wildman–Crippen MR) is 138 cm³/mol. The van der Waals surface area contributed by atoms with Crippen molar-refractivity contribution in [3.8, 4) is 0 Å². The zero-order chi connectivity index (χ0) is 23.7. The maximum atomic E-state index is 13.3. The molecule has 0 atom stereocenters. The molecule has 2 aromatic carbocycles. The van der Waals surface area contributed by atoms with Crippen LogP contribution in [-0.4, -0.2) is 64.5 Å². The van der Waals surface area contributed by atoms with Crippen LogP contribution in [0.4, 0.5) is 5.69 Å². The first-order chi connectivity index (χ1) is 16.5. The SMILES string of the molecule is CC(C)c1ccccc1N1CCN(C(=O)C2CCN(Cc3nc4ccccc4n3C)CC2)CC1. The Morgan fingerprint density at radius 1 is 0.941 bits per heavy atom. The number of hydrogen-bond acceptors (Lipinski definition) is 4. The van der Waals surface area contributed by atoms with E-state index in [9.17, 15) is 4.79 Å². The summed E-state index contributed by atoms with van der Waals surface area (Å²) in [7, 11) is 2.10. The molecule has 6 nitrogen and oxygen atoms in total. The van der Waals surface area contributed by atoms with Crippen LogP contribution in [0.5, 0.6) is 0 Å². The van der Waals surface area contributed by atoms with Crippen molar-refractivity contribution in [3.63, 3.8) is 0 Å². The van der Waals surface area contributed by atoms with Gasteiger partial charge in [-0.3, -0.25) is 9.69 Å². The lowest BCUT2D eigenvalue weighted by Gasteiger charge is -2.40. The molecule has 0 N–H and O–H groups in total. The molecule has 34 heavy (non-hydrogen) atoms.